The fourth-order valence-corrected chi connectivity index (χ4v) is 4.05. The number of thioether (sulfide) groups is 1. The van der Waals surface area contributed by atoms with Crippen molar-refractivity contribution in [2.75, 3.05) is 12.4 Å². The molecule has 2 aromatic heterocycles. The van der Waals surface area contributed by atoms with E-state index in [4.69, 9.17) is 16.3 Å². The zero-order valence-corrected chi connectivity index (χ0v) is 14.7. The van der Waals surface area contributed by atoms with Crippen LogP contribution in [-0.2, 0) is 9.53 Å². The molecular weight excluding hydrogens is 352 g/mol. The quantitative estimate of drug-likeness (QED) is 0.374. The van der Waals surface area contributed by atoms with E-state index in [9.17, 15) is 4.79 Å². The summed E-state index contributed by atoms with van der Waals surface area (Å²) in [5.41, 5.74) is 2.10. The molecule has 3 rings (SSSR count). The highest BCUT2D eigenvalue weighted by Gasteiger charge is 2.15. The highest BCUT2D eigenvalue weighted by atomic mass is 35.5. The van der Waals surface area contributed by atoms with E-state index in [0.717, 1.165) is 26.4 Å². The summed E-state index contributed by atoms with van der Waals surface area (Å²) in [6, 6.07) is 7.65. The minimum Gasteiger partial charge on any atom is -0.465 e. The van der Waals surface area contributed by atoms with Crippen LogP contribution in [0.3, 0.4) is 0 Å². The smallest absolute Gasteiger partial charge is 0.316 e. The third-order valence-corrected chi connectivity index (χ3v) is 5.22. The summed E-state index contributed by atoms with van der Waals surface area (Å²) in [5.74, 6) is -0.0110. The zero-order valence-electron chi connectivity index (χ0n) is 12.3. The normalized spacial score (nSPS) is 10.9. The second-order valence-corrected chi connectivity index (χ2v) is 6.87. The average molecular weight is 365 g/mol. The minimum absolute atomic E-state index is 0.232. The molecule has 0 amide bonds. The van der Waals surface area contributed by atoms with Gasteiger partial charge in [0.25, 0.3) is 0 Å². The van der Waals surface area contributed by atoms with Crippen molar-refractivity contribution >= 4 is 50.9 Å². The van der Waals surface area contributed by atoms with Gasteiger partial charge in [0.15, 0.2) is 0 Å². The molecule has 0 spiro atoms. The highest BCUT2D eigenvalue weighted by molar-refractivity contribution is 8.00. The van der Waals surface area contributed by atoms with Crippen molar-refractivity contribution in [3.05, 3.63) is 41.0 Å². The second-order valence-electron chi connectivity index (χ2n) is 4.61. The number of ether oxygens (including phenoxy) is 1. The molecule has 3 aromatic rings. The molecule has 23 heavy (non-hydrogen) atoms. The summed E-state index contributed by atoms with van der Waals surface area (Å²) in [5, 5.41) is 4.50. The SMILES string of the molecule is CCOC(=O)CSc1ncnc2scc(-c3ccc(Cl)cc3)c12. The van der Waals surface area contributed by atoms with E-state index in [0.29, 0.717) is 11.6 Å². The molecule has 0 atom stereocenters. The molecule has 0 fully saturated rings. The Balaban J connectivity index is 1.97. The Bertz CT molecular complexity index is 834. The van der Waals surface area contributed by atoms with Gasteiger partial charge in [-0.05, 0) is 24.6 Å². The van der Waals surface area contributed by atoms with Crippen molar-refractivity contribution in [2.45, 2.75) is 11.9 Å². The first-order valence-corrected chi connectivity index (χ1v) is 9.20. The number of hydrogen-bond acceptors (Lipinski definition) is 6. The molecule has 1 aromatic carbocycles. The predicted octanol–water partition coefficient (Wildman–Crippen LogP) is 4.67. The maximum absolute atomic E-state index is 11.6. The van der Waals surface area contributed by atoms with E-state index in [-0.39, 0.29) is 11.7 Å². The van der Waals surface area contributed by atoms with Gasteiger partial charge in [0.1, 0.15) is 16.2 Å². The number of benzene rings is 1. The molecule has 4 nitrogen and oxygen atoms in total. The number of thiophene rings is 1. The van der Waals surface area contributed by atoms with Gasteiger partial charge in [-0.2, -0.15) is 0 Å². The number of hydrogen-bond donors (Lipinski definition) is 0. The predicted molar refractivity (Wildman–Crippen MR) is 95.2 cm³/mol. The topological polar surface area (TPSA) is 52.1 Å². The van der Waals surface area contributed by atoms with Crippen LogP contribution in [0.15, 0.2) is 41.0 Å². The van der Waals surface area contributed by atoms with E-state index >= 15 is 0 Å². The second kappa shape index (κ2) is 7.29. The molecule has 0 saturated heterocycles. The van der Waals surface area contributed by atoms with Crippen LogP contribution in [0.4, 0.5) is 0 Å². The number of rotatable bonds is 5. The molecular formula is C16H13ClN2O2S2. The lowest BCUT2D eigenvalue weighted by molar-refractivity contribution is -0.139. The van der Waals surface area contributed by atoms with Crippen molar-refractivity contribution in [3.63, 3.8) is 0 Å². The fourth-order valence-electron chi connectivity index (χ4n) is 2.13. The van der Waals surface area contributed by atoms with Gasteiger partial charge in [0.2, 0.25) is 0 Å². The molecule has 0 N–H and O–H groups in total. The molecule has 0 radical (unpaired) electrons. The van der Waals surface area contributed by atoms with E-state index < -0.39 is 0 Å². The monoisotopic (exact) mass is 364 g/mol. The van der Waals surface area contributed by atoms with Gasteiger partial charge < -0.3 is 4.74 Å². The fraction of sp³-hybridized carbons (Fsp3) is 0.188. The van der Waals surface area contributed by atoms with E-state index in [1.54, 1.807) is 18.3 Å². The number of halogens is 1. The van der Waals surface area contributed by atoms with Crippen molar-refractivity contribution < 1.29 is 9.53 Å². The number of aromatic nitrogens is 2. The van der Waals surface area contributed by atoms with Crippen LogP contribution in [0.25, 0.3) is 21.3 Å². The van der Waals surface area contributed by atoms with Crippen LogP contribution in [-0.4, -0.2) is 28.3 Å². The van der Waals surface area contributed by atoms with Gasteiger partial charge in [0.05, 0.1) is 17.7 Å². The van der Waals surface area contributed by atoms with Crippen LogP contribution < -0.4 is 0 Å². The van der Waals surface area contributed by atoms with Gasteiger partial charge in [0, 0.05) is 16.0 Å². The summed E-state index contributed by atoms with van der Waals surface area (Å²) < 4.78 is 4.97. The van der Waals surface area contributed by atoms with Gasteiger partial charge in [-0.15, -0.1) is 11.3 Å². The Hall–Kier alpha value is -1.63. The molecule has 2 heterocycles. The number of fused-ring (bicyclic) bond motifs is 1. The Labute approximate surface area is 146 Å². The van der Waals surface area contributed by atoms with Gasteiger partial charge in [-0.3, -0.25) is 4.79 Å². The number of esters is 1. The lowest BCUT2D eigenvalue weighted by atomic mass is 10.1. The first-order valence-electron chi connectivity index (χ1n) is 6.95. The van der Waals surface area contributed by atoms with Crippen LogP contribution in [0, 0.1) is 0 Å². The molecule has 0 aliphatic rings. The van der Waals surface area contributed by atoms with Crippen molar-refractivity contribution in [1.29, 1.82) is 0 Å². The summed E-state index contributed by atoms with van der Waals surface area (Å²) >= 11 is 8.89. The Morgan fingerprint density at radius 1 is 1.30 bits per heavy atom. The van der Waals surface area contributed by atoms with E-state index in [2.05, 4.69) is 15.3 Å². The number of carbonyl (C=O) groups is 1. The number of carbonyl (C=O) groups excluding carboxylic acids is 1. The first-order chi connectivity index (χ1) is 11.2. The summed E-state index contributed by atoms with van der Waals surface area (Å²) in [4.78, 5) is 21.1. The Kier molecular flexibility index (Phi) is 5.15. The molecule has 0 aliphatic carbocycles. The maximum atomic E-state index is 11.6. The van der Waals surface area contributed by atoms with Gasteiger partial charge in [-0.25, -0.2) is 9.97 Å². The standard InChI is InChI=1S/C16H13ClN2O2S2/c1-2-21-13(20)8-23-16-14-12(7-22-15(14)18-9-19-16)10-3-5-11(17)6-4-10/h3-7,9H,2,8H2,1H3. The summed E-state index contributed by atoms with van der Waals surface area (Å²) in [7, 11) is 0. The minimum atomic E-state index is -0.243. The maximum Gasteiger partial charge on any atom is 0.316 e. The van der Waals surface area contributed by atoms with E-state index in [1.165, 1.54) is 18.1 Å². The Morgan fingerprint density at radius 2 is 2.09 bits per heavy atom. The van der Waals surface area contributed by atoms with Crippen molar-refractivity contribution in [1.82, 2.24) is 9.97 Å². The van der Waals surface area contributed by atoms with Crippen LogP contribution in [0.1, 0.15) is 6.92 Å². The third kappa shape index (κ3) is 3.65. The molecule has 7 heteroatoms. The lowest BCUT2D eigenvalue weighted by Crippen LogP contribution is -2.06. The van der Waals surface area contributed by atoms with Crippen molar-refractivity contribution in [3.8, 4) is 11.1 Å². The molecule has 0 bridgehead atoms. The van der Waals surface area contributed by atoms with E-state index in [1.807, 2.05) is 24.3 Å². The summed E-state index contributed by atoms with van der Waals surface area (Å²) in [6.45, 7) is 2.18. The molecule has 0 saturated carbocycles. The van der Waals surface area contributed by atoms with Crippen LogP contribution in [0.2, 0.25) is 5.02 Å². The average Bonchev–Trinajstić information content (AvgIpc) is 2.98. The largest absolute Gasteiger partial charge is 0.465 e. The highest BCUT2D eigenvalue weighted by Crippen LogP contribution is 2.38. The van der Waals surface area contributed by atoms with Crippen molar-refractivity contribution in [2.24, 2.45) is 0 Å². The van der Waals surface area contributed by atoms with Crippen LogP contribution >= 0.6 is 34.7 Å². The van der Waals surface area contributed by atoms with Crippen LogP contribution in [0.5, 0.6) is 0 Å². The summed E-state index contributed by atoms with van der Waals surface area (Å²) in [6.07, 6.45) is 1.53. The third-order valence-electron chi connectivity index (χ3n) is 3.12. The van der Waals surface area contributed by atoms with Gasteiger partial charge >= 0.3 is 5.97 Å². The molecule has 0 unspecified atom stereocenters. The lowest BCUT2D eigenvalue weighted by Gasteiger charge is -2.05. The Morgan fingerprint density at radius 3 is 2.83 bits per heavy atom. The first kappa shape index (κ1) is 16.2. The zero-order chi connectivity index (χ0) is 16.2. The number of nitrogens with zero attached hydrogens (tertiary/aromatic N) is 2. The molecule has 0 aliphatic heterocycles. The molecule has 118 valence electrons. The van der Waals surface area contributed by atoms with Gasteiger partial charge in [-0.1, -0.05) is 35.5 Å².